The first-order chi connectivity index (χ1) is 7.04. The highest BCUT2D eigenvalue weighted by atomic mass is 32.2. The number of carbonyl (C=O) groups excluding carboxylic acids is 1. The van der Waals surface area contributed by atoms with Crippen LogP contribution in [0.4, 0.5) is 0 Å². The van der Waals surface area contributed by atoms with Crippen molar-refractivity contribution >= 4 is 17.7 Å². The summed E-state index contributed by atoms with van der Waals surface area (Å²) >= 11 is 1.86. The third kappa shape index (κ3) is 3.38. The van der Waals surface area contributed by atoms with E-state index in [9.17, 15) is 4.79 Å². The second kappa shape index (κ2) is 5.75. The van der Waals surface area contributed by atoms with Crippen LogP contribution in [-0.4, -0.2) is 48.0 Å². The molecule has 0 saturated carbocycles. The van der Waals surface area contributed by atoms with Gasteiger partial charge in [0.2, 0.25) is 5.91 Å². The molecule has 0 radical (unpaired) electrons. The standard InChI is InChI=1S/C11H22N2OS/c1-8(2)9(3)13(4)11(14)10-7-15-6-5-12-10/h8-10,12H,5-7H2,1-4H3. The van der Waals surface area contributed by atoms with E-state index in [1.807, 2.05) is 23.7 Å². The van der Waals surface area contributed by atoms with E-state index in [0.717, 1.165) is 18.1 Å². The van der Waals surface area contributed by atoms with Gasteiger partial charge in [0, 0.05) is 31.1 Å². The Balaban J connectivity index is 2.50. The highest BCUT2D eigenvalue weighted by molar-refractivity contribution is 7.99. The number of hydrogen-bond donors (Lipinski definition) is 1. The summed E-state index contributed by atoms with van der Waals surface area (Å²) in [6, 6.07) is 0.334. The van der Waals surface area contributed by atoms with Crippen LogP contribution in [0.15, 0.2) is 0 Å². The Morgan fingerprint density at radius 3 is 2.60 bits per heavy atom. The van der Waals surface area contributed by atoms with Crippen LogP contribution in [0.3, 0.4) is 0 Å². The molecule has 1 aliphatic heterocycles. The number of rotatable bonds is 3. The molecule has 3 nitrogen and oxygen atoms in total. The molecule has 0 aliphatic carbocycles. The van der Waals surface area contributed by atoms with E-state index >= 15 is 0 Å². The molecular weight excluding hydrogens is 208 g/mol. The fourth-order valence-electron chi connectivity index (χ4n) is 1.62. The van der Waals surface area contributed by atoms with E-state index in [4.69, 9.17) is 0 Å². The molecule has 1 N–H and O–H groups in total. The molecule has 1 amide bonds. The van der Waals surface area contributed by atoms with Gasteiger partial charge in [0.05, 0.1) is 6.04 Å². The van der Waals surface area contributed by atoms with E-state index in [0.29, 0.717) is 12.0 Å². The van der Waals surface area contributed by atoms with Gasteiger partial charge in [-0.05, 0) is 12.8 Å². The topological polar surface area (TPSA) is 32.3 Å². The Kier molecular flexibility index (Phi) is 4.93. The van der Waals surface area contributed by atoms with Crippen LogP contribution in [0.2, 0.25) is 0 Å². The molecule has 4 heteroatoms. The van der Waals surface area contributed by atoms with Crippen molar-refractivity contribution < 1.29 is 4.79 Å². The van der Waals surface area contributed by atoms with Crippen LogP contribution < -0.4 is 5.32 Å². The van der Waals surface area contributed by atoms with Gasteiger partial charge in [0.1, 0.15) is 0 Å². The Hall–Kier alpha value is -0.220. The van der Waals surface area contributed by atoms with Gasteiger partial charge in [-0.3, -0.25) is 4.79 Å². The van der Waals surface area contributed by atoms with Gasteiger partial charge in [-0.1, -0.05) is 13.8 Å². The lowest BCUT2D eigenvalue weighted by atomic mass is 10.0. The molecule has 1 aliphatic rings. The van der Waals surface area contributed by atoms with E-state index in [2.05, 4.69) is 26.1 Å². The second-order valence-corrected chi connectivity index (χ2v) is 5.67. The van der Waals surface area contributed by atoms with E-state index in [-0.39, 0.29) is 11.9 Å². The molecule has 1 heterocycles. The summed E-state index contributed by atoms with van der Waals surface area (Å²) in [6.45, 7) is 7.36. The predicted molar refractivity (Wildman–Crippen MR) is 66.2 cm³/mol. The number of nitrogens with one attached hydrogen (secondary N) is 1. The number of nitrogens with zero attached hydrogens (tertiary/aromatic N) is 1. The largest absolute Gasteiger partial charge is 0.341 e. The van der Waals surface area contributed by atoms with Crippen molar-refractivity contribution in [2.75, 3.05) is 25.1 Å². The molecule has 2 atom stereocenters. The second-order valence-electron chi connectivity index (χ2n) is 4.52. The minimum Gasteiger partial charge on any atom is -0.341 e. The van der Waals surface area contributed by atoms with Crippen molar-refractivity contribution in [1.29, 1.82) is 0 Å². The zero-order chi connectivity index (χ0) is 11.4. The SMILES string of the molecule is CC(C)C(C)N(C)C(=O)C1CSCCN1. The number of amides is 1. The third-order valence-electron chi connectivity index (χ3n) is 3.14. The van der Waals surface area contributed by atoms with Crippen molar-refractivity contribution in [2.24, 2.45) is 5.92 Å². The van der Waals surface area contributed by atoms with E-state index in [1.54, 1.807) is 0 Å². The predicted octanol–water partition coefficient (Wildman–Crippen LogP) is 1.19. The van der Waals surface area contributed by atoms with Gasteiger partial charge in [-0.25, -0.2) is 0 Å². The molecule has 0 aromatic heterocycles. The number of likely N-dealkylation sites (N-methyl/N-ethyl adjacent to an activating group) is 1. The van der Waals surface area contributed by atoms with Crippen LogP contribution in [-0.2, 0) is 4.79 Å². The van der Waals surface area contributed by atoms with Gasteiger partial charge in [0.25, 0.3) is 0 Å². The molecule has 1 saturated heterocycles. The van der Waals surface area contributed by atoms with Crippen molar-refractivity contribution in [3.05, 3.63) is 0 Å². The molecule has 1 fully saturated rings. The average molecular weight is 230 g/mol. The first-order valence-corrected chi connectivity index (χ1v) is 6.77. The van der Waals surface area contributed by atoms with Crippen molar-refractivity contribution in [1.82, 2.24) is 10.2 Å². The number of carbonyl (C=O) groups is 1. The van der Waals surface area contributed by atoms with Gasteiger partial charge in [0.15, 0.2) is 0 Å². The van der Waals surface area contributed by atoms with Crippen LogP contribution in [0.25, 0.3) is 0 Å². The fourth-order valence-corrected chi connectivity index (χ4v) is 2.54. The summed E-state index contributed by atoms with van der Waals surface area (Å²) < 4.78 is 0. The Labute approximate surface area is 97.0 Å². The minimum absolute atomic E-state index is 0.0231. The lowest BCUT2D eigenvalue weighted by Gasteiger charge is -2.32. The number of hydrogen-bond acceptors (Lipinski definition) is 3. The van der Waals surface area contributed by atoms with Gasteiger partial charge < -0.3 is 10.2 Å². The van der Waals surface area contributed by atoms with Crippen molar-refractivity contribution in [2.45, 2.75) is 32.9 Å². The van der Waals surface area contributed by atoms with E-state index < -0.39 is 0 Å². The zero-order valence-electron chi connectivity index (χ0n) is 10.1. The quantitative estimate of drug-likeness (QED) is 0.790. The highest BCUT2D eigenvalue weighted by Crippen LogP contribution is 2.13. The highest BCUT2D eigenvalue weighted by Gasteiger charge is 2.27. The molecule has 0 aromatic carbocycles. The lowest BCUT2D eigenvalue weighted by molar-refractivity contribution is -0.134. The summed E-state index contributed by atoms with van der Waals surface area (Å²) in [4.78, 5) is 14.0. The van der Waals surface area contributed by atoms with Crippen molar-refractivity contribution in [3.63, 3.8) is 0 Å². The molecular formula is C11H22N2OS. The monoisotopic (exact) mass is 230 g/mol. The molecule has 88 valence electrons. The average Bonchev–Trinajstić information content (AvgIpc) is 2.27. The Morgan fingerprint density at radius 1 is 1.47 bits per heavy atom. The molecule has 1 rings (SSSR count). The maximum atomic E-state index is 12.1. The maximum absolute atomic E-state index is 12.1. The molecule has 0 spiro atoms. The van der Waals surface area contributed by atoms with Crippen LogP contribution in [0, 0.1) is 5.92 Å². The van der Waals surface area contributed by atoms with Crippen LogP contribution >= 0.6 is 11.8 Å². The van der Waals surface area contributed by atoms with Crippen LogP contribution in [0.5, 0.6) is 0 Å². The van der Waals surface area contributed by atoms with E-state index in [1.165, 1.54) is 0 Å². The molecule has 0 aromatic rings. The lowest BCUT2D eigenvalue weighted by Crippen LogP contribution is -2.52. The third-order valence-corrected chi connectivity index (χ3v) is 4.20. The van der Waals surface area contributed by atoms with Gasteiger partial charge in [-0.2, -0.15) is 11.8 Å². The maximum Gasteiger partial charge on any atom is 0.240 e. The smallest absolute Gasteiger partial charge is 0.240 e. The Bertz CT molecular complexity index is 215. The van der Waals surface area contributed by atoms with Crippen LogP contribution in [0.1, 0.15) is 20.8 Å². The number of thioether (sulfide) groups is 1. The van der Waals surface area contributed by atoms with Crippen molar-refractivity contribution in [3.8, 4) is 0 Å². The summed E-state index contributed by atoms with van der Waals surface area (Å²) in [7, 11) is 1.91. The summed E-state index contributed by atoms with van der Waals surface area (Å²) in [5, 5.41) is 3.28. The summed E-state index contributed by atoms with van der Waals surface area (Å²) in [5.74, 6) is 2.78. The first-order valence-electron chi connectivity index (χ1n) is 5.62. The summed E-state index contributed by atoms with van der Waals surface area (Å²) in [6.07, 6.45) is 0. The van der Waals surface area contributed by atoms with Gasteiger partial charge >= 0.3 is 0 Å². The summed E-state index contributed by atoms with van der Waals surface area (Å²) in [5.41, 5.74) is 0. The molecule has 0 bridgehead atoms. The first kappa shape index (κ1) is 12.8. The van der Waals surface area contributed by atoms with Gasteiger partial charge in [-0.15, -0.1) is 0 Å². The minimum atomic E-state index is 0.0231. The zero-order valence-corrected chi connectivity index (χ0v) is 10.9. The Morgan fingerprint density at radius 2 is 2.13 bits per heavy atom. The molecule has 15 heavy (non-hydrogen) atoms. The normalized spacial score (nSPS) is 23.9. The molecule has 2 unspecified atom stereocenters. The fraction of sp³-hybridized carbons (Fsp3) is 0.909.